The maximum Gasteiger partial charge on any atom is 0.343 e. The van der Waals surface area contributed by atoms with Crippen LogP contribution in [-0.2, 0) is 11.3 Å². The topological polar surface area (TPSA) is 66.1 Å². The fraction of sp³-hybridized carbons (Fsp3) is 0.381. The van der Waals surface area contributed by atoms with Crippen LogP contribution in [0.15, 0.2) is 41.3 Å². The van der Waals surface area contributed by atoms with Crippen LogP contribution in [0.3, 0.4) is 0 Å². The zero-order chi connectivity index (χ0) is 19.3. The Morgan fingerprint density at radius 2 is 2.04 bits per heavy atom. The van der Waals surface area contributed by atoms with E-state index in [0.717, 1.165) is 22.3 Å². The number of carbonyl (C=O) groups is 1. The van der Waals surface area contributed by atoms with Gasteiger partial charge >= 0.3 is 5.97 Å². The highest BCUT2D eigenvalue weighted by atomic mass is 16.5. The molecule has 0 saturated heterocycles. The van der Waals surface area contributed by atoms with Crippen molar-refractivity contribution in [3.05, 3.63) is 52.3 Å². The van der Waals surface area contributed by atoms with Crippen molar-refractivity contribution >= 4 is 16.9 Å². The van der Waals surface area contributed by atoms with E-state index in [1.807, 2.05) is 28.9 Å². The largest absolute Gasteiger partial charge is 0.462 e. The van der Waals surface area contributed by atoms with E-state index in [9.17, 15) is 9.59 Å². The first-order chi connectivity index (χ1) is 12.8. The summed E-state index contributed by atoms with van der Waals surface area (Å²) >= 11 is 0. The van der Waals surface area contributed by atoms with Crippen molar-refractivity contribution in [3.63, 3.8) is 0 Å². The number of carbonyl (C=O) groups excluding carboxylic acids is 1. The van der Waals surface area contributed by atoms with E-state index in [2.05, 4.69) is 25.3 Å². The van der Waals surface area contributed by atoms with Crippen LogP contribution in [-0.4, -0.2) is 26.9 Å². The molecule has 1 aromatic carbocycles. The molecular weight excluding hydrogens is 342 g/mol. The quantitative estimate of drug-likeness (QED) is 0.650. The van der Waals surface area contributed by atoms with E-state index in [4.69, 9.17) is 9.84 Å². The molecule has 6 nitrogen and oxygen atoms in total. The third-order valence-electron chi connectivity index (χ3n) is 5.14. The van der Waals surface area contributed by atoms with Gasteiger partial charge < -0.3 is 9.30 Å². The number of hydrogen-bond acceptors (Lipinski definition) is 4. The Labute approximate surface area is 157 Å². The Morgan fingerprint density at radius 3 is 2.74 bits per heavy atom. The van der Waals surface area contributed by atoms with Crippen molar-refractivity contribution in [2.45, 2.75) is 40.3 Å². The molecule has 0 aliphatic carbocycles. The van der Waals surface area contributed by atoms with E-state index >= 15 is 0 Å². The van der Waals surface area contributed by atoms with E-state index in [1.165, 1.54) is 0 Å². The Bertz CT molecular complexity index is 1100. The minimum Gasteiger partial charge on any atom is -0.462 e. The lowest BCUT2D eigenvalue weighted by Gasteiger charge is -2.38. The lowest BCUT2D eigenvalue weighted by Crippen LogP contribution is -2.35. The maximum absolute atomic E-state index is 12.7. The number of fused-ring (bicyclic) bond motifs is 5. The van der Waals surface area contributed by atoms with Crippen LogP contribution >= 0.6 is 0 Å². The summed E-state index contributed by atoms with van der Waals surface area (Å²) in [6.07, 6.45) is 1.66. The molecule has 1 aliphatic rings. The van der Waals surface area contributed by atoms with Crippen LogP contribution in [0.25, 0.3) is 22.3 Å². The number of ether oxygens (including phenoxy) is 1. The SMILES string of the molecule is CCOC(=O)c1cn2c(cc1=O)-c1c3ccccc3nn1CC2C(C)(C)C. The molecule has 4 rings (SSSR count). The van der Waals surface area contributed by atoms with E-state index in [-0.39, 0.29) is 29.1 Å². The molecule has 6 heteroatoms. The molecular formula is C21H23N3O3. The molecule has 0 fully saturated rings. The number of esters is 1. The van der Waals surface area contributed by atoms with Gasteiger partial charge in [0, 0.05) is 17.6 Å². The van der Waals surface area contributed by atoms with Crippen LogP contribution in [0, 0.1) is 5.41 Å². The van der Waals surface area contributed by atoms with Crippen molar-refractivity contribution in [2.24, 2.45) is 5.41 Å². The van der Waals surface area contributed by atoms with Gasteiger partial charge in [0.2, 0.25) is 0 Å². The predicted molar refractivity (Wildman–Crippen MR) is 104 cm³/mol. The van der Waals surface area contributed by atoms with Gasteiger partial charge in [0.25, 0.3) is 0 Å². The molecule has 0 amide bonds. The average molecular weight is 365 g/mol. The van der Waals surface area contributed by atoms with Gasteiger partial charge in [0.15, 0.2) is 5.43 Å². The second-order valence-electron chi connectivity index (χ2n) is 7.99. The Kier molecular flexibility index (Phi) is 3.94. The van der Waals surface area contributed by atoms with E-state index < -0.39 is 5.97 Å². The normalized spacial score (nSPS) is 16.1. The first kappa shape index (κ1) is 17.5. The molecule has 3 heterocycles. The summed E-state index contributed by atoms with van der Waals surface area (Å²) in [5.74, 6) is -0.575. The summed E-state index contributed by atoms with van der Waals surface area (Å²) < 4.78 is 9.11. The number of benzene rings is 1. The van der Waals surface area contributed by atoms with Crippen LogP contribution in [0.2, 0.25) is 0 Å². The summed E-state index contributed by atoms with van der Waals surface area (Å²) in [5, 5.41) is 5.74. The number of rotatable bonds is 2. The lowest BCUT2D eigenvalue weighted by molar-refractivity contribution is 0.0522. The molecule has 0 bridgehead atoms. The zero-order valence-electron chi connectivity index (χ0n) is 16.0. The summed E-state index contributed by atoms with van der Waals surface area (Å²) in [4.78, 5) is 25.0. The summed E-state index contributed by atoms with van der Waals surface area (Å²) in [6.45, 7) is 9.09. The molecule has 0 spiro atoms. The van der Waals surface area contributed by atoms with Gasteiger partial charge in [-0.2, -0.15) is 5.10 Å². The third kappa shape index (κ3) is 2.76. The molecule has 27 heavy (non-hydrogen) atoms. The standard InChI is InChI=1S/C21H23N3O3/c1-5-27-20(26)14-11-23-16(10-17(14)25)19-13-8-6-7-9-15(13)22-24(19)12-18(23)21(2,3)4/h6-11,18H,5,12H2,1-4H3. The van der Waals surface area contributed by atoms with Crippen LogP contribution in [0.1, 0.15) is 44.1 Å². The van der Waals surface area contributed by atoms with Crippen LogP contribution in [0.4, 0.5) is 0 Å². The second-order valence-corrected chi connectivity index (χ2v) is 7.99. The van der Waals surface area contributed by atoms with Crippen LogP contribution in [0.5, 0.6) is 0 Å². The zero-order valence-corrected chi connectivity index (χ0v) is 16.0. The molecule has 1 unspecified atom stereocenters. The smallest absolute Gasteiger partial charge is 0.343 e. The highest BCUT2D eigenvalue weighted by molar-refractivity contribution is 5.94. The van der Waals surface area contributed by atoms with Crippen molar-refractivity contribution in [2.75, 3.05) is 6.61 Å². The van der Waals surface area contributed by atoms with Gasteiger partial charge in [-0.25, -0.2) is 4.79 Å². The molecule has 3 aromatic rings. The van der Waals surface area contributed by atoms with Gasteiger partial charge in [0.1, 0.15) is 5.56 Å². The molecule has 0 radical (unpaired) electrons. The first-order valence-electron chi connectivity index (χ1n) is 9.20. The Morgan fingerprint density at radius 1 is 1.30 bits per heavy atom. The van der Waals surface area contributed by atoms with Crippen molar-refractivity contribution < 1.29 is 9.53 Å². The van der Waals surface area contributed by atoms with E-state index in [0.29, 0.717) is 6.54 Å². The van der Waals surface area contributed by atoms with Gasteiger partial charge in [-0.3, -0.25) is 9.48 Å². The second kappa shape index (κ2) is 6.08. The minimum absolute atomic E-state index is 0.0445. The fourth-order valence-corrected chi connectivity index (χ4v) is 3.78. The summed E-state index contributed by atoms with van der Waals surface area (Å²) in [5.41, 5.74) is 2.26. The average Bonchev–Trinajstić information content (AvgIpc) is 2.98. The van der Waals surface area contributed by atoms with E-state index in [1.54, 1.807) is 19.2 Å². The van der Waals surface area contributed by atoms with Crippen LogP contribution < -0.4 is 5.43 Å². The summed E-state index contributed by atoms with van der Waals surface area (Å²) in [6, 6.07) is 9.50. The Balaban J connectivity index is 2.02. The molecule has 140 valence electrons. The number of hydrogen-bond donors (Lipinski definition) is 0. The van der Waals surface area contributed by atoms with Crippen molar-refractivity contribution in [1.29, 1.82) is 0 Å². The highest BCUT2D eigenvalue weighted by Crippen LogP contribution is 2.41. The van der Waals surface area contributed by atoms with Crippen molar-refractivity contribution in [3.8, 4) is 11.4 Å². The minimum atomic E-state index is -0.575. The lowest BCUT2D eigenvalue weighted by atomic mass is 9.85. The molecule has 2 aromatic heterocycles. The fourth-order valence-electron chi connectivity index (χ4n) is 3.78. The summed E-state index contributed by atoms with van der Waals surface area (Å²) in [7, 11) is 0. The Hall–Kier alpha value is -2.89. The van der Waals surface area contributed by atoms with Crippen molar-refractivity contribution in [1.82, 2.24) is 14.3 Å². The number of nitrogens with zero attached hydrogens (tertiary/aromatic N) is 3. The number of aromatic nitrogens is 3. The third-order valence-corrected chi connectivity index (χ3v) is 5.14. The van der Waals surface area contributed by atoms with Gasteiger partial charge in [-0.1, -0.05) is 39.0 Å². The van der Waals surface area contributed by atoms with Gasteiger partial charge in [0.05, 0.1) is 36.1 Å². The predicted octanol–water partition coefficient (Wildman–Crippen LogP) is 3.64. The van der Waals surface area contributed by atoms with Gasteiger partial charge in [-0.15, -0.1) is 0 Å². The maximum atomic E-state index is 12.7. The molecule has 1 atom stereocenters. The molecule has 1 aliphatic heterocycles. The number of pyridine rings is 1. The monoisotopic (exact) mass is 365 g/mol. The highest BCUT2D eigenvalue weighted by Gasteiger charge is 2.35. The first-order valence-corrected chi connectivity index (χ1v) is 9.20. The van der Waals surface area contributed by atoms with Gasteiger partial charge in [-0.05, 0) is 18.4 Å². The molecule has 0 saturated carbocycles. The molecule has 0 N–H and O–H groups in total.